The minimum Gasteiger partial charge on any atom is -0.493 e. The average Bonchev–Trinajstić information content (AvgIpc) is 2.84. The van der Waals surface area contributed by atoms with E-state index in [0.717, 1.165) is 16.8 Å². The highest BCUT2D eigenvalue weighted by atomic mass is 32.2. The molecule has 0 saturated carbocycles. The molecular formula is C16H18N4O4S. The standard InChI is InChI=1S/C16H18N4O4S/c1-8-14-15(25-7-13(22)18-16(14)20-19-8)9-3-4-10(11(5-9)23-2)24-6-12(17)21/h3-5,15H,6-7H2,1-2H3,(H2,17,21)(H2,18,19,20,22)/t15-/m1/s1. The van der Waals surface area contributed by atoms with Gasteiger partial charge in [0.1, 0.15) is 0 Å². The first-order valence-electron chi connectivity index (χ1n) is 7.55. The van der Waals surface area contributed by atoms with Crippen LogP contribution in [0.1, 0.15) is 22.1 Å². The zero-order valence-electron chi connectivity index (χ0n) is 13.8. The molecule has 132 valence electrons. The Labute approximate surface area is 148 Å². The number of carbonyl (C=O) groups is 2. The number of H-pyrrole nitrogens is 1. The number of carbonyl (C=O) groups excluding carboxylic acids is 2. The van der Waals surface area contributed by atoms with Crippen LogP contribution >= 0.6 is 11.8 Å². The van der Waals surface area contributed by atoms with Gasteiger partial charge in [0.25, 0.3) is 5.91 Å². The van der Waals surface area contributed by atoms with Gasteiger partial charge >= 0.3 is 0 Å². The summed E-state index contributed by atoms with van der Waals surface area (Å²) in [5, 5.41) is 9.80. The molecule has 0 saturated heterocycles. The number of amides is 2. The Balaban J connectivity index is 1.97. The summed E-state index contributed by atoms with van der Waals surface area (Å²) in [7, 11) is 1.52. The Morgan fingerprint density at radius 1 is 1.44 bits per heavy atom. The van der Waals surface area contributed by atoms with Crippen LogP contribution in [0.4, 0.5) is 5.82 Å². The number of nitrogens with one attached hydrogen (secondary N) is 2. The van der Waals surface area contributed by atoms with E-state index in [1.54, 1.807) is 6.07 Å². The molecular weight excluding hydrogens is 344 g/mol. The minimum atomic E-state index is -0.561. The largest absolute Gasteiger partial charge is 0.493 e. The van der Waals surface area contributed by atoms with Crippen LogP contribution in [-0.2, 0) is 9.59 Å². The summed E-state index contributed by atoms with van der Waals surface area (Å²) >= 11 is 1.51. The Hall–Kier alpha value is -2.68. The first-order valence-corrected chi connectivity index (χ1v) is 8.59. The highest BCUT2D eigenvalue weighted by Gasteiger charge is 2.28. The van der Waals surface area contributed by atoms with E-state index in [9.17, 15) is 9.59 Å². The number of aryl methyl sites for hydroxylation is 1. The number of aromatic amines is 1. The number of rotatable bonds is 5. The van der Waals surface area contributed by atoms with Gasteiger partial charge in [0.05, 0.1) is 18.1 Å². The van der Waals surface area contributed by atoms with Gasteiger partial charge in [-0.05, 0) is 24.6 Å². The summed E-state index contributed by atoms with van der Waals surface area (Å²) in [6.45, 7) is 1.69. The third-order valence-corrected chi connectivity index (χ3v) is 5.03. The van der Waals surface area contributed by atoms with E-state index in [1.807, 2.05) is 19.1 Å². The predicted octanol–water partition coefficient (Wildman–Crippen LogP) is 1.37. The van der Waals surface area contributed by atoms with E-state index in [-0.39, 0.29) is 17.8 Å². The topological polar surface area (TPSA) is 119 Å². The van der Waals surface area contributed by atoms with Crippen LogP contribution in [0.3, 0.4) is 0 Å². The van der Waals surface area contributed by atoms with Crippen molar-refractivity contribution in [2.75, 3.05) is 24.8 Å². The highest BCUT2D eigenvalue weighted by molar-refractivity contribution is 8.00. The summed E-state index contributed by atoms with van der Waals surface area (Å²) in [5.41, 5.74) is 7.88. The Morgan fingerprint density at radius 2 is 2.24 bits per heavy atom. The zero-order chi connectivity index (χ0) is 18.0. The summed E-state index contributed by atoms with van der Waals surface area (Å²) in [5.74, 6) is 1.14. The number of nitrogens with zero attached hydrogens (tertiary/aromatic N) is 1. The molecule has 4 N–H and O–H groups in total. The minimum absolute atomic E-state index is 0.0892. The molecule has 1 aliphatic heterocycles. The molecule has 1 aromatic carbocycles. The van der Waals surface area contributed by atoms with Crippen molar-refractivity contribution >= 4 is 29.4 Å². The van der Waals surface area contributed by atoms with Crippen LogP contribution in [0.5, 0.6) is 11.5 Å². The van der Waals surface area contributed by atoms with Crippen molar-refractivity contribution in [2.45, 2.75) is 12.2 Å². The lowest BCUT2D eigenvalue weighted by Gasteiger charge is -2.17. The average molecular weight is 362 g/mol. The van der Waals surface area contributed by atoms with Crippen molar-refractivity contribution in [2.24, 2.45) is 5.73 Å². The van der Waals surface area contributed by atoms with Gasteiger partial charge in [0.2, 0.25) is 5.91 Å². The van der Waals surface area contributed by atoms with Crippen molar-refractivity contribution in [1.29, 1.82) is 0 Å². The first kappa shape index (κ1) is 17.2. The molecule has 0 spiro atoms. The summed E-state index contributed by atoms with van der Waals surface area (Å²) in [4.78, 5) is 22.8. The van der Waals surface area contributed by atoms with E-state index < -0.39 is 5.91 Å². The Kier molecular flexibility index (Phi) is 4.84. The second kappa shape index (κ2) is 7.06. The summed E-state index contributed by atoms with van der Waals surface area (Å²) in [6.07, 6.45) is 0. The van der Waals surface area contributed by atoms with Gasteiger partial charge in [-0.3, -0.25) is 14.7 Å². The molecule has 0 unspecified atom stereocenters. The third kappa shape index (κ3) is 3.55. The number of primary amides is 1. The van der Waals surface area contributed by atoms with Gasteiger partial charge < -0.3 is 20.5 Å². The van der Waals surface area contributed by atoms with E-state index in [4.69, 9.17) is 15.2 Å². The van der Waals surface area contributed by atoms with Crippen LogP contribution in [0.25, 0.3) is 0 Å². The van der Waals surface area contributed by atoms with Crippen LogP contribution in [0.15, 0.2) is 18.2 Å². The lowest BCUT2D eigenvalue weighted by Crippen LogP contribution is -2.20. The number of thioether (sulfide) groups is 1. The molecule has 9 heteroatoms. The maximum atomic E-state index is 11.9. The number of hydrogen-bond acceptors (Lipinski definition) is 6. The molecule has 0 radical (unpaired) electrons. The zero-order valence-corrected chi connectivity index (χ0v) is 14.6. The van der Waals surface area contributed by atoms with Gasteiger partial charge in [0.15, 0.2) is 23.9 Å². The van der Waals surface area contributed by atoms with Crippen LogP contribution in [-0.4, -0.2) is 41.5 Å². The Bertz CT molecular complexity index is 820. The molecule has 1 aliphatic rings. The van der Waals surface area contributed by atoms with Gasteiger partial charge in [-0.1, -0.05) is 6.07 Å². The maximum Gasteiger partial charge on any atom is 0.255 e. The number of methoxy groups -OCH3 is 1. The molecule has 1 atom stereocenters. The molecule has 2 amide bonds. The molecule has 0 bridgehead atoms. The van der Waals surface area contributed by atoms with Gasteiger partial charge in [-0.2, -0.15) is 5.10 Å². The molecule has 2 heterocycles. The maximum absolute atomic E-state index is 11.9. The fourth-order valence-electron chi connectivity index (χ4n) is 2.64. The second-order valence-corrected chi connectivity index (χ2v) is 6.61. The number of hydrogen-bond donors (Lipinski definition) is 3. The van der Waals surface area contributed by atoms with Gasteiger partial charge in [-0.25, -0.2) is 0 Å². The van der Waals surface area contributed by atoms with Gasteiger partial charge in [0, 0.05) is 11.3 Å². The molecule has 3 rings (SSSR count). The van der Waals surface area contributed by atoms with E-state index in [1.165, 1.54) is 18.9 Å². The fourth-order valence-corrected chi connectivity index (χ4v) is 3.83. The van der Waals surface area contributed by atoms with Crippen LogP contribution in [0.2, 0.25) is 0 Å². The number of ether oxygens (including phenoxy) is 2. The van der Waals surface area contributed by atoms with Crippen molar-refractivity contribution in [3.05, 3.63) is 35.0 Å². The number of anilines is 1. The van der Waals surface area contributed by atoms with Crippen molar-refractivity contribution in [1.82, 2.24) is 10.2 Å². The monoisotopic (exact) mass is 362 g/mol. The van der Waals surface area contributed by atoms with E-state index in [0.29, 0.717) is 23.1 Å². The molecule has 25 heavy (non-hydrogen) atoms. The molecule has 2 aromatic rings. The van der Waals surface area contributed by atoms with Crippen molar-refractivity contribution in [3.8, 4) is 11.5 Å². The molecule has 1 aromatic heterocycles. The number of aromatic nitrogens is 2. The van der Waals surface area contributed by atoms with E-state index in [2.05, 4.69) is 15.5 Å². The van der Waals surface area contributed by atoms with Gasteiger partial charge in [-0.15, -0.1) is 11.8 Å². The third-order valence-electron chi connectivity index (χ3n) is 3.76. The summed E-state index contributed by atoms with van der Waals surface area (Å²) in [6, 6.07) is 5.44. The predicted molar refractivity (Wildman–Crippen MR) is 93.9 cm³/mol. The second-order valence-electron chi connectivity index (χ2n) is 5.52. The SMILES string of the molecule is COc1cc([C@H]2SCC(=O)Nc3n[nH]c(C)c32)ccc1OCC(N)=O. The van der Waals surface area contributed by atoms with Crippen molar-refractivity contribution in [3.63, 3.8) is 0 Å². The van der Waals surface area contributed by atoms with Crippen molar-refractivity contribution < 1.29 is 19.1 Å². The van der Waals surface area contributed by atoms with Crippen LogP contribution < -0.4 is 20.5 Å². The number of nitrogens with two attached hydrogens (primary N) is 1. The molecule has 0 fully saturated rings. The smallest absolute Gasteiger partial charge is 0.255 e. The molecule has 8 nitrogen and oxygen atoms in total. The highest BCUT2D eigenvalue weighted by Crippen LogP contribution is 2.44. The number of fused-ring (bicyclic) bond motifs is 1. The van der Waals surface area contributed by atoms with Crippen LogP contribution in [0, 0.1) is 6.92 Å². The van der Waals surface area contributed by atoms with E-state index >= 15 is 0 Å². The lowest BCUT2D eigenvalue weighted by molar-refractivity contribution is -0.120. The normalized spacial score (nSPS) is 16.6. The number of benzene rings is 1. The fraction of sp³-hybridized carbons (Fsp3) is 0.312. The Morgan fingerprint density at radius 3 is 2.96 bits per heavy atom. The first-order chi connectivity index (χ1) is 12.0. The lowest BCUT2D eigenvalue weighted by atomic mass is 10.0. The summed E-state index contributed by atoms with van der Waals surface area (Å²) < 4.78 is 10.7. The molecule has 0 aliphatic carbocycles. The quantitative estimate of drug-likeness (QED) is 0.739.